The standard InChI is InChI=1S/C8H5Cl3N2/c9-4-1-2-6-5(3-4)7(10)13-8(11)12-6/h1-3,7H,(H,12,13)/t7-/m0/s1. The summed E-state index contributed by atoms with van der Waals surface area (Å²) < 4.78 is 0. The summed E-state index contributed by atoms with van der Waals surface area (Å²) in [5, 5.41) is 3.83. The van der Waals surface area contributed by atoms with Gasteiger partial charge in [-0.3, -0.25) is 0 Å². The lowest BCUT2D eigenvalue weighted by molar-refractivity contribution is 1.01. The average molecular weight is 236 g/mol. The normalized spacial score (nSPS) is 20.2. The number of anilines is 1. The van der Waals surface area contributed by atoms with E-state index in [9.17, 15) is 0 Å². The third-order valence-corrected chi connectivity index (χ3v) is 2.49. The molecule has 0 fully saturated rings. The Morgan fingerprint density at radius 3 is 2.85 bits per heavy atom. The van der Waals surface area contributed by atoms with Crippen molar-refractivity contribution in [2.45, 2.75) is 5.50 Å². The minimum Gasteiger partial charge on any atom is -0.330 e. The van der Waals surface area contributed by atoms with Gasteiger partial charge in [-0.15, -0.1) is 0 Å². The Hall–Kier alpha value is -0.440. The third-order valence-electron chi connectivity index (χ3n) is 1.73. The molecule has 2 rings (SSSR count). The molecular weight excluding hydrogens is 230 g/mol. The summed E-state index contributed by atoms with van der Waals surface area (Å²) in [4.78, 5) is 3.94. The summed E-state index contributed by atoms with van der Waals surface area (Å²) in [6.07, 6.45) is 0. The number of nitrogens with one attached hydrogen (secondary N) is 1. The quantitative estimate of drug-likeness (QED) is 0.539. The van der Waals surface area contributed by atoms with Crippen LogP contribution in [0, 0.1) is 0 Å². The van der Waals surface area contributed by atoms with Crippen LogP contribution in [0.15, 0.2) is 23.2 Å². The fraction of sp³-hybridized carbons (Fsp3) is 0.125. The molecule has 1 aliphatic rings. The van der Waals surface area contributed by atoms with E-state index in [1.54, 1.807) is 12.1 Å². The molecule has 1 aliphatic heterocycles. The first-order valence-electron chi connectivity index (χ1n) is 3.60. The van der Waals surface area contributed by atoms with Crippen LogP contribution >= 0.6 is 34.8 Å². The fourth-order valence-electron chi connectivity index (χ4n) is 1.16. The summed E-state index contributed by atoms with van der Waals surface area (Å²) in [7, 11) is 0. The summed E-state index contributed by atoms with van der Waals surface area (Å²) in [5.74, 6) is 0. The zero-order valence-electron chi connectivity index (χ0n) is 6.39. The van der Waals surface area contributed by atoms with E-state index in [4.69, 9.17) is 34.8 Å². The van der Waals surface area contributed by atoms with E-state index in [1.165, 1.54) is 0 Å². The summed E-state index contributed by atoms with van der Waals surface area (Å²) in [5.41, 5.74) is 1.24. The molecule has 5 heteroatoms. The summed E-state index contributed by atoms with van der Waals surface area (Å²) >= 11 is 17.5. The van der Waals surface area contributed by atoms with Gasteiger partial charge in [-0.2, -0.15) is 0 Å². The van der Waals surface area contributed by atoms with Crippen molar-refractivity contribution in [2.75, 3.05) is 5.32 Å². The Bertz CT molecular complexity index is 376. The number of rotatable bonds is 0. The maximum atomic E-state index is 5.94. The highest BCUT2D eigenvalue weighted by molar-refractivity contribution is 6.68. The highest BCUT2D eigenvalue weighted by Crippen LogP contribution is 2.34. The van der Waals surface area contributed by atoms with Crippen LogP contribution in [0.4, 0.5) is 5.69 Å². The number of hydrogen-bond acceptors (Lipinski definition) is 2. The van der Waals surface area contributed by atoms with Crippen LogP contribution in [0.1, 0.15) is 11.1 Å². The number of aliphatic imine (C=N–C) groups is 1. The van der Waals surface area contributed by atoms with Crippen LogP contribution in [0.3, 0.4) is 0 Å². The maximum absolute atomic E-state index is 5.94. The lowest BCUT2D eigenvalue weighted by atomic mass is 10.1. The van der Waals surface area contributed by atoms with Crippen LogP contribution in [0.5, 0.6) is 0 Å². The van der Waals surface area contributed by atoms with E-state index in [0.717, 1.165) is 11.3 Å². The molecule has 13 heavy (non-hydrogen) atoms. The largest absolute Gasteiger partial charge is 0.330 e. The van der Waals surface area contributed by atoms with Crippen molar-refractivity contribution >= 4 is 45.8 Å². The second-order valence-electron chi connectivity index (χ2n) is 2.61. The van der Waals surface area contributed by atoms with Crippen LogP contribution < -0.4 is 5.32 Å². The lowest BCUT2D eigenvalue weighted by Gasteiger charge is -2.18. The van der Waals surface area contributed by atoms with Crippen molar-refractivity contribution < 1.29 is 0 Å². The molecule has 0 unspecified atom stereocenters. The molecule has 1 aromatic carbocycles. The molecule has 0 saturated heterocycles. The number of amidine groups is 1. The molecule has 2 nitrogen and oxygen atoms in total. The van der Waals surface area contributed by atoms with Crippen molar-refractivity contribution in [1.82, 2.24) is 0 Å². The summed E-state index contributed by atoms with van der Waals surface area (Å²) in [6, 6.07) is 5.37. The first kappa shape index (κ1) is 9.13. The molecule has 0 radical (unpaired) electrons. The van der Waals surface area contributed by atoms with Crippen molar-refractivity contribution in [1.29, 1.82) is 0 Å². The Kier molecular flexibility index (Phi) is 2.37. The zero-order chi connectivity index (χ0) is 9.42. The van der Waals surface area contributed by atoms with E-state index < -0.39 is 5.50 Å². The predicted octanol–water partition coefficient (Wildman–Crippen LogP) is 3.60. The van der Waals surface area contributed by atoms with Gasteiger partial charge >= 0.3 is 0 Å². The Labute approximate surface area is 90.5 Å². The smallest absolute Gasteiger partial charge is 0.197 e. The molecule has 0 aromatic heterocycles. The van der Waals surface area contributed by atoms with E-state index in [-0.39, 0.29) is 0 Å². The first-order valence-corrected chi connectivity index (χ1v) is 4.80. The number of hydrogen-bond donors (Lipinski definition) is 1. The van der Waals surface area contributed by atoms with Crippen molar-refractivity contribution in [3.63, 3.8) is 0 Å². The summed E-state index contributed by atoms with van der Waals surface area (Å²) in [6.45, 7) is 0. The number of benzene rings is 1. The van der Waals surface area contributed by atoms with Crippen molar-refractivity contribution in [2.24, 2.45) is 4.99 Å². The fourth-order valence-corrected chi connectivity index (χ4v) is 1.86. The van der Waals surface area contributed by atoms with Crippen LogP contribution in [0.2, 0.25) is 5.02 Å². The van der Waals surface area contributed by atoms with E-state index in [2.05, 4.69) is 10.3 Å². The molecule has 0 spiro atoms. The number of nitrogens with zero attached hydrogens (tertiary/aromatic N) is 1. The predicted molar refractivity (Wildman–Crippen MR) is 57.0 cm³/mol. The molecule has 1 aromatic rings. The van der Waals surface area contributed by atoms with Gasteiger partial charge in [0.05, 0.1) is 0 Å². The van der Waals surface area contributed by atoms with Crippen molar-refractivity contribution in [3.8, 4) is 0 Å². The van der Waals surface area contributed by atoms with Gasteiger partial charge in [-0.25, -0.2) is 4.99 Å². The topological polar surface area (TPSA) is 24.4 Å². The molecular formula is C8H5Cl3N2. The van der Waals surface area contributed by atoms with Gasteiger partial charge in [0.15, 0.2) is 10.8 Å². The van der Waals surface area contributed by atoms with Gasteiger partial charge in [0.1, 0.15) is 0 Å². The van der Waals surface area contributed by atoms with E-state index in [0.29, 0.717) is 10.3 Å². The number of alkyl halides is 1. The van der Waals surface area contributed by atoms with E-state index in [1.807, 2.05) is 6.07 Å². The van der Waals surface area contributed by atoms with Crippen LogP contribution in [0.25, 0.3) is 0 Å². The second kappa shape index (κ2) is 3.37. The van der Waals surface area contributed by atoms with E-state index >= 15 is 0 Å². The Morgan fingerprint density at radius 2 is 2.08 bits per heavy atom. The first-order chi connectivity index (χ1) is 6.16. The van der Waals surface area contributed by atoms with Gasteiger partial charge in [0.25, 0.3) is 0 Å². The molecule has 1 atom stereocenters. The van der Waals surface area contributed by atoms with Gasteiger partial charge in [-0.05, 0) is 29.8 Å². The third kappa shape index (κ3) is 1.75. The highest BCUT2D eigenvalue weighted by Gasteiger charge is 2.18. The minimum atomic E-state index is -0.456. The Morgan fingerprint density at radius 1 is 1.31 bits per heavy atom. The second-order valence-corrected chi connectivity index (χ2v) is 3.82. The molecule has 1 heterocycles. The van der Waals surface area contributed by atoms with Gasteiger partial charge in [0.2, 0.25) is 0 Å². The van der Waals surface area contributed by atoms with Crippen molar-refractivity contribution in [3.05, 3.63) is 28.8 Å². The highest BCUT2D eigenvalue weighted by atomic mass is 35.5. The Balaban J connectivity index is 2.50. The number of halogens is 3. The zero-order valence-corrected chi connectivity index (χ0v) is 8.66. The molecule has 0 bridgehead atoms. The average Bonchev–Trinajstić information content (AvgIpc) is 2.06. The molecule has 1 N–H and O–H groups in total. The molecule has 68 valence electrons. The lowest BCUT2D eigenvalue weighted by Crippen LogP contribution is -2.13. The monoisotopic (exact) mass is 234 g/mol. The van der Waals surface area contributed by atoms with Gasteiger partial charge in [-0.1, -0.05) is 23.2 Å². The molecule has 0 amide bonds. The molecule has 0 saturated carbocycles. The van der Waals surface area contributed by atoms with Gasteiger partial charge in [0, 0.05) is 16.3 Å². The minimum absolute atomic E-state index is 0.301. The van der Waals surface area contributed by atoms with Crippen LogP contribution in [-0.4, -0.2) is 5.29 Å². The number of fused-ring (bicyclic) bond motifs is 1. The van der Waals surface area contributed by atoms with Crippen LogP contribution in [-0.2, 0) is 0 Å². The van der Waals surface area contributed by atoms with Gasteiger partial charge < -0.3 is 5.32 Å². The maximum Gasteiger partial charge on any atom is 0.197 e. The molecule has 0 aliphatic carbocycles. The SMILES string of the molecule is ClC1=N[C@H](Cl)c2cc(Cl)ccc2N1.